The fourth-order valence-electron chi connectivity index (χ4n) is 1.97. The summed E-state index contributed by atoms with van der Waals surface area (Å²) in [6.07, 6.45) is 1.04. The van der Waals surface area contributed by atoms with E-state index in [4.69, 9.17) is 5.26 Å². The van der Waals surface area contributed by atoms with E-state index in [9.17, 15) is 8.42 Å². The zero-order valence-electron chi connectivity index (χ0n) is 8.14. The number of nitrogens with zero attached hydrogens (tertiary/aromatic N) is 1. The standard InChI is InChI=1S/C10H11NO2S2/c11-7-10(2-4-15(12,13)8-10)5-9-1-3-14-6-9/h1,3,6H,2,4-5,8H2. The lowest BCUT2D eigenvalue weighted by molar-refractivity contribution is 0.452. The first-order chi connectivity index (χ1) is 7.05. The van der Waals surface area contributed by atoms with Crippen LogP contribution in [0.5, 0.6) is 0 Å². The van der Waals surface area contributed by atoms with Crippen LogP contribution in [0.1, 0.15) is 12.0 Å². The number of hydrogen-bond donors (Lipinski definition) is 0. The fraction of sp³-hybridized carbons (Fsp3) is 0.500. The zero-order valence-corrected chi connectivity index (χ0v) is 9.77. The molecule has 1 fully saturated rings. The van der Waals surface area contributed by atoms with Crippen molar-refractivity contribution in [3.8, 4) is 6.07 Å². The maximum Gasteiger partial charge on any atom is 0.151 e. The van der Waals surface area contributed by atoms with Crippen molar-refractivity contribution in [3.63, 3.8) is 0 Å². The molecule has 0 N–H and O–H groups in total. The molecule has 0 aliphatic carbocycles. The van der Waals surface area contributed by atoms with Gasteiger partial charge in [-0.2, -0.15) is 16.6 Å². The summed E-state index contributed by atoms with van der Waals surface area (Å²) in [7, 11) is -2.99. The van der Waals surface area contributed by atoms with Gasteiger partial charge < -0.3 is 0 Å². The molecule has 1 aliphatic heterocycles. The first-order valence-corrected chi connectivity index (χ1v) is 7.44. The molecular formula is C10H11NO2S2. The highest BCUT2D eigenvalue weighted by atomic mass is 32.2. The molecule has 1 aliphatic rings. The highest BCUT2D eigenvalue weighted by molar-refractivity contribution is 7.91. The number of hydrogen-bond acceptors (Lipinski definition) is 4. The summed E-state index contributed by atoms with van der Waals surface area (Å²) < 4.78 is 22.8. The maximum atomic E-state index is 11.4. The topological polar surface area (TPSA) is 57.9 Å². The van der Waals surface area contributed by atoms with Crippen molar-refractivity contribution in [1.29, 1.82) is 5.26 Å². The van der Waals surface area contributed by atoms with E-state index < -0.39 is 15.3 Å². The van der Waals surface area contributed by atoms with Gasteiger partial charge in [0.1, 0.15) is 0 Å². The lowest BCUT2D eigenvalue weighted by Gasteiger charge is -2.17. The van der Waals surface area contributed by atoms with Crippen molar-refractivity contribution >= 4 is 21.2 Å². The van der Waals surface area contributed by atoms with E-state index in [-0.39, 0.29) is 11.5 Å². The summed E-state index contributed by atoms with van der Waals surface area (Å²) >= 11 is 1.57. The highest BCUT2D eigenvalue weighted by Gasteiger charge is 2.42. The van der Waals surface area contributed by atoms with Crippen LogP contribution in [0.3, 0.4) is 0 Å². The van der Waals surface area contributed by atoms with Gasteiger partial charge in [-0.1, -0.05) is 0 Å². The molecule has 2 heterocycles. The van der Waals surface area contributed by atoms with Crippen molar-refractivity contribution in [3.05, 3.63) is 22.4 Å². The van der Waals surface area contributed by atoms with Crippen molar-refractivity contribution < 1.29 is 8.42 Å². The molecule has 1 aromatic rings. The van der Waals surface area contributed by atoms with Crippen LogP contribution in [-0.2, 0) is 16.3 Å². The Morgan fingerprint density at radius 2 is 2.40 bits per heavy atom. The minimum Gasteiger partial charge on any atom is -0.229 e. The number of rotatable bonds is 2. The van der Waals surface area contributed by atoms with Crippen LogP contribution in [-0.4, -0.2) is 19.9 Å². The molecule has 0 bridgehead atoms. The quantitative estimate of drug-likeness (QED) is 0.790. The second kappa shape index (κ2) is 3.62. The summed E-state index contributed by atoms with van der Waals surface area (Å²) in [5.41, 5.74) is 0.388. The summed E-state index contributed by atoms with van der Waals surface area (Å²) in [6.45, 7) is 0. The average Bonchev–Trinajstić information content (AvgIpc) is 2.75. The van der Waals surface area contributed by atoms with Crippen LogP contribution in [0.2, 0.25) is 0 Å². The van der Waals surface area contributed by atoms with E-state index in [0.717, 1.165) is 5.56 Å². The Kier molecular flexibility index (Phi) is 2.57. The molecule has 15 heavy (non-hydrogen) atoms. The number of sulfone groups is 1. The third-order valence-electron chi connectivity index (χ3n) is 2.75. The van der Waals surface area contributed by atoms with Gasteiger partial charge >= 0.3 is 0 Å². The largest absolute Gasteiger partial charge is 0.229 e. The minimum atomic E-state index is -2.99. The molecule has 1 saturated heterocycles. The third-order valence-corrected chi connectivity index (χ3v) is 5.30. The fourth-order valence-corrected chi connectivity index (χ4v) is 4.63. The molecule has 3 nitrogen and oxygen atoms in total. The van der Waals surface area contributed by atoms with Gasteiger partial charge in [-0.05, 0) is 35.2 Å². The van der Waals surface area contributed by atoms with E-state index >= 15 is 0 Å². The first kappa shape index (κ1) is 10.7. The Labute approximate surface area is 93.3 Å². The summed E-state index contributed by atoms with van der Waals surface area (Å²) in [6, 6.07) is 4.15. The van der Waals surface area contributed by atoms with Gasteiger partial charge in [-0.25, -0.2) is 8.42 Å². The van der Waals surface area contributed by atoms with Crippen LogP contribution in [0.15, 0.2) is 16.8 Å². The highest BCUT2D eigenvalue weighted by Crippen LogP contribution is 2.35. The van der Waals surface area contributed by atoms with Gasteiger partial charge in [0.15, 0.2) is 9.84 Å². The van der Waals surface area contributed by atoms with Crippen molar-refractivity contribution in [2.45, 2.75) is 12.8 Å². The molecule has 1 unspecified atom stereocenters. The second-order valence-electron chi connectivity index (χ2n) is 4.04. The smallest absolute Gasteiger partial charge is 0.151 e. The molecule has 0 saturated carbocycles. The Bertz CT molecular complexity index is 484. The van der Waals surface area contributed by atoms with Gasteiger partial charge in [0.05, 0.1) is 23.0 Å². The lowest BCUT2D eigenvalue weighted by Crippen LogP contribution is -2.22. The van der Waals surface area contributed by atoms with Crippen LogP contribution in [0.4, 0.5) is 0 Å². The molecule has 0 aromatic carbocycles. The van der Waals surface area contributed by atoms with Crippen LogP contribution in [0.25, 0.3) is 0 Å². The Morgan fingerprint density at radius 3 is 2.87 bits per heavy atom. The van der Waals surface area contributed by atoms with E-state index in [0.29, 0.717) is 12.8 Å². The molecular weight excluding hydrogens is 230 g/mol. The number of thiophene rings is 1. The molecule has 0 spiro atoms. The normalized spacial score (nSPS) is 28.7. The van der Waals surface area contributed by atoms with E-state index in [2.05, 4.69) is 6.07 Å². The maximum absolute atomic E-state index is 11.4. The van der Waals surface area contributed by atoms with E-state index in [1.807, 2.05) is 16.8 Å². The summed E-state index contributed by atoms with van der Waals surface area (Å²) in [4.78, 5) is 0. The zero-order chi connectivity index (χ0) is 10.9. The Balaban J connectivity index is 2.22. The molecule has 2 rings (SSSR count). The average molecular weight is 241 g/mol. The van der Waals surface area contributed by atoms with Gasteiger partial charge in [-0.3, -0.25) is 0 Å². The van der Waals surface area contributed by atoms with E-state index in [1.165, 1.54) is 0 Å². The minimum absolute atomic E-state index is 0.0202. The van der Waals surface area contributed by atoms with Crippen LogP contribution in [0, 0.1) is 16.7 Å². The van der Waals surface area contributed by atoms with E-state index in [1.54, 1.807) is 11.3 Å². The SMILES string of the molecule is N#CC1(Cc2ccsc2)CCS(=O)(=O)C1. The molecule has 0 amide bonds. The predicted octanol–water partition coefficient (Wildman–Crippen LogP) is 1.62. The van der Waals surface area contributed by atoms with Crippen molar-refractivity contribution in [2.75, 3.05) is 11.5 Å². The Hall–Kier alpha value is -0.860. The monoisotopic (exact) mass is 241 g/mol. The van der Waals surface area contributed by atoms with Gasteiger partial charge in [0.25, 0.3) is 0 Å². The molecule has 5 heteroatoms. The molecule has 1 aromatic heterocycles. The first-order valence-electron chi connectivity index (χ1n) is 4.68. The molecule has 80 valence electrons. The second-order valence-corrected chi connectivity index (χ2v) is 7.01. The van der Waals surface area contributed by atoms with Gasteiger partial charge in [0, 0.05) is 0 Å². The van der Waals surface area contributed by atoms with Crippen LogP contribution < -0.4 is 0 Å². The lowest BCUT2D eigenvalue weighted by atomic mass is 9.83. The summed E-state index contributed by atoms with van der Waals surface area (Å²) in [5.74, 6) is 0.178. The third kappa shape index (κ3) is 2.21. The van der Waals surface area contributed by atoms with Crippen LogP contribution >= 0.6 is 11.3 Å². The predicted molar refractivity (Wildman–Crippen MR) is 59.3 cm³/mol. The van der Waals surface area contributed by atoms with Crippen molar-refractivity contribution in [2.24, 2.45) is 5.41 Å². The molecule has 1 atom stereocenters. The van der Waals surface area contributed by atoms with Gasteiger partial charge in [0.2, 0.25) is 0 Å². The molecule has 0 radical (unpaired) electrons. The number of nitriles is 1. The Morgan fingerprint density at radius 1 is 1.60 bits per heavy atom. The van der Waals surface area contributed by atoms with Crippen molar-refractivity contribution in [1.82, 2.24) is 0 Å². The van der Waals surface area contributed by atoms with Gasteiger partial charge in [-0.15, -0.1) is 0 Å². The summed E-state index contributed by atoms with van der Waals surface area (Å²) in [5, 5.41) is 13.1.